The molecule has 1 rings (SSSR count). The molecule has 0 radical (unpaired) electrons. The standard InChI is InChI=1S/C14H20F3N3O/c1-19(2)13(20(3)4)18-9-10-21-12-7-5-11(6-8-12)14(15,16)17/h5-8H,9-10H2,1-4H3. The number of halogens is 3. The average Bonchev–Trinajstić information content (AvgIpc) is 2.37. The predicted octanol–water partition coefficient (Wildman–Crippen LogP) is 2.56. The number of alkyl halides is 3. The Morgan fingerprint density at radius 1 is 1.05 bits per heavy atom. The summed E-state index contributed by atoms with van der Waals surface area (Å²) in [5.74, 6) is 1.19. The van der Waals surface area contributed by atoms with Crippen LogP contribution in [-0.2, 0) is 6.18 Å². The summed E-state index contributed by atoms with van der Waals surface area (Å²) in [4.78, 5) is 8.10. The Morgan fingerprint density at radius 2 is 1.57 bits per heavy atom. The van der Waals surface area contributed by atoms with E-state index in [9.17, 15) is 13.2 Å². The number of benzene rings is 1. The maximum Gasteiger partial charge on any atom is 0.416 e. The van der Waals surface area contributed by atoms with E-state index in [4.69, 9.17) is 4.74 Å². The summed E-state index contributed by atoms with van der Waals surface area (Å²) in [5, 5.41) is 0. The lowest BCUT2D eigenvalue weighted by Gasteiger charge is -2.22. The first-order chi connectivity index (χ1) is 9.71. The molecule has 4 nitrogen and oxygen atoms in total. The van der Waals surface area contributed by atoms with Gasteiger partial charge in [-0.05, 0) is 24.3 Å². The van der Waals surface area contributed by atoms with Gasteiger partial charge in [0, 0.05) is 28.2 Å². The Balaban J connectivity index is 2.51. The highest BCUT2D eigenvalue weighted by atomic mass is 19.4. The minimum Gasteiger partial charge on any atom is -0.492 e. The molecule has 0 heterocycles. The molecule has 118 valence electrons. The van der Waals surface area contributed by atoms with Crippen LogP contribution in [0.15, 0.2) is 29.3 Å². The van der Waals surface area contributed by atoms with Gasteiger partial charge in [-0.1, -0.05) is 0 Å². The van der Waals surface area contributed by atoms with Gasteiger partial charge in [0.2, 0.25) is 0 Å². The van der Waals surface area contributed by atoms with Gasteiger partial charge in [-0.2, -0.15) is 13.2 Å². The van der Waals surface area contributed by atoms with Crippen LogP contribution in [0.3, 0.4) is 0 Å². The number of hydrogen-bond acceptors (Lipinski definition) is 2. The van der Waals surface area contributed by atoms with E-state index in [2.05, 4.69) is 4.99 Å². The van der Waals surface area contributed by atoms with E-state index in [1.165, 1.54) is 12.1 Å². The lowest BCUT2D eigenvalue weighted by Crippen LogP contribution is -2.35. The summed E-state index contributed by atoms with van der Waals surface area (Å²) in [5.41, 5.74) is -0.685. The SMILES string of the molecule is CN(C)C(=NCCOc1ccc(C(F)(F)F)cc1)N(C)C. The largest absolute Gasteiger partial charge is 0.492 e. The summed E-state index contributed by atoms with van der Waals surface area (Å²) >= 11 is 0. The molecule has 0 amide bonds. The van der Waals surface area contributed by atoms with Crippen LogP contribution in [0.5, 0.6) is 5.75 Å². The zero-order chi connectivity index (χ0) is 16.0. The smallest absolute Gasteiger partial charge is 0.416 e. The fourth-order valence-corrected chi connectivity index (χ4v) is 1.73. The maximum atomic E-state index is 12.4. The average molecular weight is 303 g/mol. The Kier molecular flexibility index (Phi) is 5.87. The van der Waals surface area contributed by atoms with E-state index in [1.807, 2.05) is 38.0 Å². The molecule has 7 heteroatoms. The van der Waals surface area contributed by atoms with E-state index in [1.54, 1.807) is 0 Å². The quantitative estimate of drug-likeness (QED) is 0.486. The molecule has 0 atom stereocenters. The summed E-state index contributed by atoms with van der Waals surface area (Å²) in [6.45, 7) is 0.725. The van der Waals surface area contributed by atoms with Gasteiger partial charge in [0.1, 0.15) is 12.4 Å². The second-order valence-electron chi connectivity index (χ2n) is 4.84. The van der Waals surface area contributed by atoms with Crippen molar-refractivity contribution in [2.75, 3.05) is 41.3 Å². The predicted molar refractivity (Wildman–Crippen MR) is 76.6 cm³/mol. The first kappa shape index (κ1) is 17.1. The van der Waals surface area contributed by atoms with Crippen molar-refractivity contribution in [1.29, 1.82) is 0 Å². The number of guanidine groups is 1. The molecule has 0 bridgehead atoms. The highest BCUT2D eigenvalue weighted by molar-refractivity contribution is 5.79. The summed E-state index contributed by atoms with van der Waals surface area (Å²) < 4.78 is 42.6. The Bertz CT molecular complexity index is 457. The van der Waals surface area contributed by atoms with Gasteiger partial charge in [-0.25, -0.2) is 4.99 Å². The monoisotopic (exact) mass is 303 g/mol. The van der Waals surface area contributed by atoms with E-state index in [0.29, 0.717) is 18.9 Å². The fourth-order valence-electron chi connectivity index (χ4n) is 1.73. The maximum absolute atomic E-state index is 12.4. The molecule has 0 N–H and O–H groups in total. The Morgan fingerprint density at radius 3 is 2.00 bits per heavy atom. The number of rotatable bonds is 4. The molecule has 0 aromatic heterocycles. The van der Waals surface area contributed by atoms with Crippen LogP contribution in [0.1, 0.15) is 5.56 Å². The van der Waals surface area contributed by atoms with Gasteiger partial charge >= 0.3 is 6.18 Å². The number of nitrogens with zero attached hydrogens (tertiary/aromatic N) is 3. The van der Waals surface area contributed by atoms with Crippen LogP contribution in [0.4, 0.5) is 13.2 Å². The second-order valence-corrected chi connectivity index (χ2v) is 4.84. The van der Waals surface area contributed by atoms with Crippen LogP contribution >= 0.6 is 0 Å². The normalized spacial score (nSPS) is 11.0. The molecule has 0 saturated heterocycles. The summed E-state index contributed by atoms with van der Waals surface area (Å²) in [6, 6.07) is 4.63. The molecule has 0 aliphatic heterocycles. The fraction of sp³-hybridized carbons (Fsp3) is 0.500. The lowest BCUT2D eigenvalue weighted by atomic mass is 10.2. The van der Waals surface area contributed by atoms with Crippen molar-refractivity contribution in [3.05, 3.63) is 29.8 Å². The molecule has 1 aromatic rings. The Labute approximate surface area is 122 Å². The first-order valence-corrected chi connectivity index (χ1v) is 6.41. The number of ether oxygens (including phenoxy) is 1. The van der Waals surface area contributed by atoms with Gasteiger partial charge in [0.25, 0.3) is 0 Å². The number of hydrogen-bond donors (Lipinski definition) is 0. The molecular formula is C14H20F3N3O. The third kappa shape index (κ3) is 5.53. The first-order valence-electron chi connectivity index (χ1n) is 6.41. The lowest BCUT2D eigenvalue weighted by molar-refractivity contribution is -0.137. The van der Waals surface area contributed by atoms with Gasteiger partial charge in [0.15, 0.2) is 5.96 Å². The third-order valence-corrected chi connectivity index (χ3v) is 2.59. The summed E-state index contributed by atoms with van der Waals surface area (Å²) in [6.07, 6.45) is -4.32. The van der Waals surface area contributed by atoms with Crippen molar-refractivity contribution in [3.63, 3.8) is 0 Å². The molecule has 0 spiro atoms. The molecule has 1 aromatic carbocycles. The van der Waals surface area contributed by atoms with Crippen molar-refractivity contribution >= 4 is 5.96 Å². The second kappa shape index (κ2) is 7.19. The highest BCUT2D eigenvalue weighted by Crippen LogP contribution is 2.30. The van der Waals surface area contributed by atoms with E-state index in [-0.39, 0.29) is 0 Å². The van der Waals surface area contributed by atoms with Crippen molar-refractivity contribution in [2.45, 2.75) is 6.18 Å². The van der Waals surface area contributed by atoms with Gasteiger partial charge in [-0.3, -0.25) is 0 Å². The van der Waals surface area contributed by atoms with E-state index < -0.39 is 11.7 Å². The summed E-state index contributed by atoms with van der Waals surface area (Å²) in [7, 11) is 7.54. The van der Waals surface area contributed by atoms with Crippen molar-refractivity contribution in [2.24, 2.45) is 4.99 Å². The van der Waals surface area contributed by atoms with Crippen molar-refractivity contribution in [1.82, 2.24) is 9.80 Å². The highest BCUT2D eigenvalue weighted by Gasteiger charge is 2.29. The van der Waals surface area contributed by atoms with Crippen LogP contribution < -0.4 is 4.74 Å². The van der Waals surface area contributed by atoms with Crippen LogP contribution in [0.2, 0.25) is 0 Å². The topological polar surface area (TPSA) is 28.1 Å². The van der Waals surface area contributed by atoms with E-state index >= 15 is 0 Å². The molecule has 0 fully saturated rings. The van der Waals surface area contributed by atoms with Crippen LogP contribution in [0, 0.1) is 0 Å². The molecule has 0 unspecified atom stereocenters. The molecular weight excluding hydrogens is 283 g/mol. The van der Waals surface area contributed by atoms with Gasteiger partial charge in [0.05, 0.1) is 12.1 Å². The van der Waals surface area contributed by atoms with Crippen LogP contribution in [-0.4, -0.2) is 57.1 Å². The molecule has 0 aliphatic carbocycles. The minimum atomic E-state index is -4.32. The van der Waals surface area contributed by atoms with Crippen molar-refractivity contribution in [3.8, 4) is 5.75 Å². The van der Waals surface area contributed by atoms with E-state index in [0.717, 1.165) is 18.1 Å². The van der Waals surface area contributed by atoms with Gasteiger partial charge in [-0.15, -0.1) is 0 Å². The van der Waals surface area contributed by atoms with Crippen molar-refractivity contribution < 1.29 is 17.9 Å². The molecule has 0 saturated carbocycles. The molecule has 0 aliphatic rings. The third-order valence-electron chi connectivity index (χ3n) is 2.59. The zero-order valence-electron chi connectivity index (χ0n) is 12.6. The minimum absolute atomic E-state index is 0.302. The van der Waals surface area contributed by atoms with Gasteiger partial charge < -0.3 is 14.5 Å². The molecule has 21 heavy (non-hydrogen) atoms. The van der Waals surface area contributed by atoms with Crippen LogP contribution in [0.25, 0.3) is 0 Å². The zero-order valence-corrected chi connectivity index (χ0v) is 12.6. The Hall–Kier alpha value is -1.92. The number of aliphatic imine (C=N–C) groups is 1.